The van der Waals surface area contributed by atoms with Crippen LogP contribution in [-0.4, -0.2) is 24.1 Å². The predicted octanol–water partition coefficient (Wildman–Crippen LogP) is 4.15. The molecule has 0 spiro atoms. The highest BCUT2D eigenvalue weighted by Crippen LogP contribution is 2.29. The molecule has 4 rings (SSSR count). The van der Waals surface area contributed by atoms with Gasteiger partial charge in [-0.25, -0.2) is 4.98 Å². The molecular formula is C20H18N2O3S. The van der Waals surface area contributed by atoms with Crippen molar-refractivity contribution in [2.24, 2.45) is 0 Å². The lowest BCUT2D eigenvalue weighted by Crippen LogP contribution is -2.20. The zero-order chi connectivity index (χ0) is 17.8. The van der Waals surface area contributed by atoms with E-state index in [-0.39, 0.29) is 12.5 Å². The van der Waals surface area contributed by atoms with Gasteiger partial charge in [0.05, 0.1) is 12.3 Å². The van der Waals surface area contributed by atoms with Crippen molar-refractivity contribution in [2.45, 2.75) is 12.8 Å². The molecule has 1 aliphatic heterocycles. The number of nitrogens with zero attached hydrogens (tertiary/aromatic N) is 1. The number of ether oxygens (including phenoxy) is 2. The Balaban J connectivity index is 1.34. The molecule has 1 amide bonds. The van der Waals surface area contributed by atoms with Crippen molar-refractivity contribution < 1.29 is 14.3 Å². The molecule has 0 atom stereocenters. The van der Waals surface area contributed by atoms with Gasteiger partial charge in [0.25, 0.3) is 5.91 Å². The summed E-state index contributed by atoms with van der Waals surface area (Å²) < 4.78 is 11.2. The van der Waals surface area contributed by atoms with Crippen LogP contribution in [0.25, 0.3) is 11.3 Å². The number of thiazole rings is 1. The van der Waals surface area contributed by atoms with E-state index in [1.807, 2.05) is 53.9 Å². The molecule has 1 aliphatic rings. The topological polar surface area (TPSA) is 60.5 Å². The Morgan fingerprint density at radius 3 is 3.00 bits per heavy atom. The van der Waals surface area contributed by atoms with Gasteiger partial charge >= 0.3 is 0 Å². The van der Waals surface area contributed by atoms with Gasteiger partial charge in [-0.3, -0.25) is 10.1 Å². The summed E-state index contributed by atoms with van der Waals surface area (Å²) in [5, 5.41) is 5.26. The smallest absolute Gasteiger partial charge is 0.264 e. The first kappa shape index (κ1) is 16.6. The molecule has 0 aliphatic carbocycles. The van der Waals surface area contributed by atoms with Crippen molar-refractivity contribution in [3.63, 3.8) is 0 Å². The number of rotatable bonds is 5. The summed E-state index contributed by atoms with van der Waals surface area (Å²) in [5.74, 6) is 1.24. The Morgan fingerprint density at radius 2 is 2.12 bits per heavy atom. The lowest BCUT2D eigenvalue weighted by Gasteiger charge is -2.17. The number of fused-ring (bicyclic) bond motifs is 1. The van der Waals surface area contributed by atoms with Gasteiger partial charge in [0.2, 0.25) is 0 Å². The van der Waals surface area contributed by atoms with Crippen molar-refractivity contribution in [2.75, 3.05) is 18.5 Å². The van der Waals surface area contributed by atoms with Crippen molar-refractivity contribution in [1.29, 1.82) is 0 Å². The molecule has 5 nitrogen and oxygen atoms in total. The normalized spacial score (nSPS) is 12.8. The van der Waals surface area contributed by atoms with E-state index in [4.69, 9.17) is 9.47 Å². The zero-order valence-corrected chi connectivity index (χ0v) is 14.9. The first-order chi connectivity index (χ1) is 12.8. The third-order valence-electron chi connectivity index (χ3n) is 4.08. The summed E-state index contributed by atoms with van der Waals surface area (Å²) in [5.41, 5.74) is 3.05. The summed E-state index contributed by atoms with van der Waals surface area (Å²) in [4.78, 5) is 16.6. The molecule has 1 N–H and O–H groups in total. The number of amides is 1. The van der Waals surface area contributed by atoms with Crippen LogP contribution in [0.15, 0.2) is 53.9 Å². The van der Waals surface area contributed by atoms with E-state index < -0.39 is 0 Å². The van der Waals surface area contributed by atoms with E-state index >= 15 is 0 Å². The van der Waals surface area contributed by atoms with Crippen LogP contribution in [-0.2, 0) is 11.2 Å². The molecular weight excluding hydrogens is 348 g/mol. The van der Waals surface area contributed by atoms with Crippen molar-refractivity contribution in [3.05, 3.63) is 59.5 Å². The van der Waals surface area contributed by atoms with Crippen molar-refractivity contribution >= 4 is 22.4 Å². The number of carbonyl (C=O) groups is 1. The van der Waals surface area contributed by atoms with E-state index in [1.54, 1.807) is 0 Å². The van der Waals surface area contributed by atoms with E-state index in [2.05, 4.69) is 10.3 Å². The molecule has 3 aromatic rings. The Bertz CT molecular complexity index is 908. The summed E-state index contributed by atoms with van der Waals surface area (Å²) in [6, 6.07) is 15.6. The highest BCUT2D eigenvalue weighted by molar-refractivity contribution is 7.14. The second kappa shape index (κ2) is 7.58. The van der Waals surface area contributed by atoms with Crippen LogP contribution < -0.4 is 14.8 Å². The fourth-order valence-corrected chi connectivity index (χ4v) is 3.52. The van der Waals surface area contributed by atoms with Gasteiger partial charge in [-0.1, -0.05) is 36.4 Å². The van der Waals surface area contributed by atoms with Crippen molar-refractivity contribution in [3.8, 4) is 22.8 Å². The summed E-state index contributed by atoms with van der Waals surface area (Å²) in [6.45, 7) is 0.657. The molecule has 132 valence electrons. The number of nitrogens with one attached hydrogen (secondary N) is 1. The molecule has 2 heterocycles. The molecule has 0 saturated carbocycles. The van der Waals surface area contributed by atoms with Gasteiger partial charge in [-0.15, -0.1) is 11.3 Å². The number of anilines is 1. The van der Waals surface area contributed by atoms with Crippen LogP contribution in [0.5, 0.6) is 11.5 Å². The number of hydrogen-bond donors (Lipinski definition) is 1. The predicted molar refractivity (Wildman–Crippen MR) is 102 cm³/mol. The first-order valence-corrected chi connectivity index (χ1v) is 9.35. The lowest BCUT2D eigenvalue weighted by atomic mass is 10.1. The third-order valence-corrected chi connectivity index (χ3v) is 4.83. The highest BCUT2D eigenvalue weighted by atomic mass is 32.1. The minimum atomic E-state index is -0.238. The van der Waals surface area contributed by atoms with Gasteiger partial charge in [0.1, 0.15) is 11.5 Å². The van der Waals surface area contributed by atoms with Crippen LogP contribution in [0.2, 0.25) is 0 Å². The van der Waals surface area contributed by atoms with Crippen LogP contribution in [0.3, 0.4) is 0 Å². The standard InChI is InChI=1S/C20H18N2O3S/c23-19(12-25-16-9-8-15-7-4-10-24-18(15)11-16)22-20-21-17(13-26-20)14-5-2-1-3-6-14/h1-3,5-6,8-9,11,13H,4,7,10,12H2,(H,21,22,23). The second-order valence-corrected chi connectivity index (χ2v) is 6.82. The fourth-order valence-electron chi connectivity index (χ4n) is 2.79. The fraction of sp³-hybridized carbons (Fsp3) is 0.200. The van der Waals surface area contributed by atoms with Crippen LogP contribution >= 0.6 is 11.3 Å². The number of benzene rings is 2. The Hall–Kier alpha value is -2.86. The molecule has 26 heavy (non-hydrogen) atoms. The quantitative estimate of drug-likeness (QED) is 0.737. The molecule has 0 bridgehead atoms. The van der Waals surface area contributed by atoms with Gasteiger partial charge in [0.15, 0.2) is 11.7 Å². The average Bonchev–Trinajstić information content (AvgIpc) is 3.15. The van der Waals surface area contributed by atoms with Crippen LogP contribution in [0, 0.1) is 0 Å². The maximum Gasteiger partial charge on any atom is 0.264 e. The van der Waals surface area contributed by atoms with E-state index in [0.717, 1.165) is 36.5 Å². The maximum atomic E-state index is 12.1. The third kappa shape index (κ3) is 3.86. The van der Waals surface area contributed by atoms with Gasteiger partial charge in [0, 0.05) is 17.0 Å². The second-order valence-electron chi connectivity index (χ2n) is 5.96. The molecule has 0 saturated heterocycles. The number of aryl methyl sites for hydroxylation is 1. The lowest BCUT2D eigenvalue weighted by molar-refractivity contribution is -0.118. The van der Waals surface area contributed by atoms with E-state index in [1.165, 1.54) is 16.9 Å². The Labute approximate surface area is 155 Å². The van der Waals surface area contributed by atoms with E-state index in [9.17, 15) is 4.79 Å². The monoisotopic (exact) mass is 366 g/mol. The van der Waals surface area contributed by atoms with Gasteiger partial charge < -0.3 is 9.47 Å². The minimum Gasteiger partial charge on any atom is -0.493 e. The van der Waals surface area contributed by atoms with Gasteiger partial charge in [-0.2, -0.15) is 0 Å². The average molecular weight is 366 g/mol. The maximum absolute atomic E-state index is 12.1. The Kier molecular flexibility index (Phi) is 4.84. The SMILES string of the molecule is O=C(COc1ccc2c(c1)OCCC2)Nc1nc(-c2ccccc2)cs1. The molecule has 0 radical (unpaired) electrons. The minimum absolute atomic E-state index is 0.0704. The molecule has 0 fully saturated rings. The number of hydrogen-bond acceptors (Lipinski definition) is 5. The van der Waals surface area contributed by atoms with Gasteiger partial charge in [-0.05, 0) is 24.5 Å². The van der Waals surface area contributed by atoms with E-state index in [0.29, 0.717) is 10.9 Å². The number of carbonyl (C=O) groups excluding carboxylic acids is 1. The zero-order valence-electron chi connectivity index (χ0n) is 14.1. The van der Waals surface area contributed by atoms with Crippen LogP contribution in [0.1, 0.15) is 12.0 Å². The molecule has 1 aromatic heterocycles. The summed E-state index contributed by atoms with van der Waals surface area (Å²) in [6.07, 6.45) is 2.05. The summed E-state index contributed by atoms with van der Waals surface area (Å²) in [7, 11) is 0. The molecule has 2 aromatic carbocycles. The Morgan fingerprint density at radius 1 is 1.23 bits per heavy atom. The van der Waals surface area contributed by atoms with Crippen LogP contribution in [0.4, 0.5) is 5.13 Å². The number of aromatic nitrogens is 1. The summed E-state index contributed by atoms with van der Waals surface area (Å²) >= 11 is 1.39. The highest BCUT2D eigenvalue weighted by Gasteiger charge is 2.12. The molecule has 6 heteroatoms. The molecule has 0 unspecified atom stereocenters. The first-order valence-electron chi connectivity index (χ1n) is 8.47. The van der Waals surface area contributed by atoms with Crippen molar-refractivity contribution in [1.82, 2.24) is 4.98 Å². The largest absolute Gasteiger partial charge is 0.493 e.